The number of nitrogens with one attached hydrogen (secondary N) is 1. The fourth-order valence-electron chi connectivity index (χ4n) is 9.31. The Kier molecular flexibility index (Phi) is 52.2. The van der Waals surface area contributed by atoms with Crippen molar-refractivity contribution in [2.75, 3.05) is 6.61 Å². The number of aliphatic hydroxyl groups is 2. The van der Waals surface area contributed by atoms with Crippen molar-refractivity contribution in [2.45, 2.75) is 347 Å². The Morgan fingerprint density at radius 2 is 0.533 bits per heavy atom. The van der Waals surface area contributed by atoms with Crippen LogP contribution in [0.25, 0.3) is 0 Å². The number of aliphatic hydroxyl groups excluding tert-OH is 2. The maximum Gasteiger partial charge on any atom is 0.220 e. The largest absolute Gasteiger partial charge is 0.394 e. The van der Waals surface area contributed by atoms with Gasteiger partial charge in [-0.15, -0.1) is 0 Å². The fourth-order valence-corrected chi connectivity index (χ4v) is 9.31. The van der Waals surface area contributed by atoms with Crippen molar-refractivity contribution in [1.29, 1.82) is 0 Å². The average molecular weight is 849 g/mol. The van der Waals surface area contributed by atoms with Gasteiger partial charge in [-0.05, 0) is 12.8 Å². The van der Waals surface area contributed by atoms with Crippen molar-refractivity contribution in [1.82, 2.24) is 5.32 Å². The molecule has 0 radical (unpaired) electrons. The van der Waals surface area contributed by atoms with Crippen LogP contribution in [0.1, 0.15) is 335 Å². The fraction of sp³-hybridized carbons (Fsp3) is 0.982. The van der Waals surface area contributed by atoms with E-state index >= 15 is 0 Å². The van der Waals surface area contributed by atoms with Gasteiger partial charge in [-0.1, -0.05) is 316 Å². The number of carbonyl (C=O) groups excluding carboxylic acids is 1. The minimum atomic E-state index is -0.655. The van der Waals surface area contributed by atoms with Crippen molar-refractivity contribution in [3.8, 4) is 0 Å². The Bertz CT molecular complexity index is 788. The lowest BCUT2D eigenvalue weighted by molar-refractivity contribution is -0.123. The Balaban J connectivity index is 3.40. The van der Waals surface area contributed by atoms with E-state index < -0.39 is 12.1 Å². The van der Waals surface area contributed by atoms with E-state index in [4.69, 9.17) is 0 Å². The molecule has 0 heterocycles. The molecule has 0 aromatic heterocycles. The maximum absolute atomic E-state index is 12.5. The molecule has 60 heavy (non-hydrogen) atoms. The van der Waals surface area contributed by atoms with E-state index in [0.29, 0.717) is 12.8 Å². The molecule has 0 bridgehead atoms. The summed E-state index contributed by atoms with van der Waals surface area (Å²) in [5, 5.41) is 23.3. The van der Waals surface area contributed by atoms with Gasteiger partial charge < -0.3 is 15.5 Å². The summed E-state index contributed by atoms with van der Waals surface area (Å²) in [5.74, 6) is -0.0217. The Hall–Kier alpha value is -0.610. The van der Waals surface area contributed by atoms with Crippen LogP contribution in [0.15, 0.2) is 0 Å². The minimum Gasteiger partial charge on any atom is -0.394 e. The van der Waals surface area contributed by atoms with Gasteiger partial charge in [0.15, 0.2) is 0 Å². The van der Waals surface area contributed by atoms with Gasteiger partial charge in [0, 0.05) is 6.42 Å². The number of amides is 1. The number of hydrogen-bond acceptors (Lipinski definition) is 3. The topological polar surface area (TPSA) is 69.6 Å². The second kappa shape index (κ2) is 52.7. The van der Waals surface area contributed by atoms with Gasteiger partial charge in [0.1, 0.15) is 0 Å². The van der Waals surface area contributed by atoms with Gasteiger partial charge in [0.2, 0.25) is 5.91 Å². The Labute approximate surface area is 378 Å². The molecule has 0 aliphatic heterocycles. The molecule has 4 nitrogen and oxygen atoms in total. The summed E-state index contributed by atoms with van der Waals surface area (Å²) >= 11 is 0. The van der Waals surface area contributed by atoms with E-state index in [-0.39, 0.29) is 12.5 Å². The van der Waals surface area contributed by atoms with Crippen molar-refractivity contribution in [3.63, 3.8) is 0 Å². The lowest BCUT2D eigenvalue weighted by atomic mass is 10.0. The molecule has 4 heteroatoms. The first kappa shape index (κ1) is 59.4. The number of unbranched alkanes of at least 4 members (excludes halogenated alkanes) is 46. The number of carbonyl (C=O) groups is 1. The van der Waals surface area contributed by atoms with Gasteiger partial charge >= 0.3 is 0 Å². The first-order chi connectivity index (χ1) is 29.7. The Morgan fingerprint density at radius 3 is 0.750 bits per heavy atom. The van der Waals surface area contributed by atoms with Crippen LogP contribution in [0.5, 0.6) is 0 Å². The molecule has 3 N–H and O–H groups in total. The van der Waals surface area contributed by atoms with Crippen LogP contribution in [-0.4, -0.2) is 34.9 Å². The van der Waals surface area contributed by atoms with Crippen LogP contribution in [0.2, 0.25) is 0 Å². The van der Waals surface area contributed by atoms with Crippen LogP contribution in [0, 0.1) is 0 Å². The van der Waals surface area contributed by atoms with Gasteiger partial charge in [-0.25, -0.2) is 0 Å². The molecule has 0 saturated heterocycles. The first-order valence-corrected chi connectivity index (χ1v) is 28.2. The molecule has 0 saturated carbocycles. The van der Waals surface area contributed by atoms with E-state index in [9.17, 15) is 15.0 Å². The van der Waals surface area contributed by atoms with Crippen molar-refractivity contribution >= 4 is 5.91 Å². The van der Waals surface area contributed by atoms with E-state index in [1.54, 1.807) is 0 Å². The summed E-state index contributed by atoms with van der Waals surface area (Å²) in [6, 6.07) is -0.531. The van der Waals surface area contributed by atoms with Crippen LogP contribution < -0.4 is 5.32 Å². The second-order valence-electron chi connectivity index (χ2n) is 19.7. The second-order valence-corrected chi connectivity index (χ2v) is 19.7. The molecule has 2 unspecified atom stereocenters. The highest BCUT2D eigenvalue weighted by Crippen LogP contribution is 2.18. The molecule has 0 aromatic carbocycles. The number of rotatable bonds is 53. The molecule has 0 aliphatic carbocycles. The molecule has 2 atom stereocenters. The van der Waals surface area contributed by atoms with Crippen molar-refractivity contribution in [2.24, 2.45) is 0 Å². The molecule has 1 amide bonds. The maximum atomic E-state index is 12.5. The highest BCUT2D eigenvalue weighted by Gasteiger charge is 2.20. The molecule has 0 rings (SSSR count). The van der Waals surface area contributed by atoms with Gasteiger partial charge in [0.05, 0.1) is 18.8 Å². The molecular formula is C56H113NO3. The van der Waals surface area contributed by atoms with Crippen molar-refractivity contribution in [3.05, 3.63) is 0 Å². The Morgan fingerprint density at radius 1 is 0.333 bits per heavy atom. The van der Waals surface area contributed by atoms with Gasteiger partial charge in [-0.2, -0.15) is 0 Å². The van der Waals surface area contributed by atoms with E-state index in [2.05, 4.69) is 19.2 Å². The standard InChI is InChI=1S/C56H113NO3/c1-3-5-7-9-11-13-15-17-19-21-23-25-27-28-29-30-32-34-36-38-40-42-44-46-48-50-52-56(60)57-54(53-58)55(59)51-49-47-45-43-41-39-37-35-33-31-26-24-22-20-18-16-14-12-10-8-6-4-2/h54-55,58-59H,3-53H2,1-2H3,(H,57,60). The highest BCUT2D eigenvalue weighted by molar-refractivity contribution is 5.76. The van der Waals surface area contributed by atoms with Crippen molar-refractivity contribution < 1.29 is 15.0 Å². The molecular weight excluding hydrogens is 735 g/mol. The molecule has 0 spiro atoms. The van der Waals surface area contributed by atoms with E-state index in [1.807, 2.05) is 0 Å². The summed E-state index contributed by atoms with van der Waals surface area (Å²) in [6.45, 7) is 4.41. The smallest absolute Gasteiger partial charge is 0.220 e. The number of hydrogen-bond donors (Lipinski definition) is 3. The third-order valence-electron chi connectivity index (χ3n) is 13.6. The van der Waals surface area contributed by atoms with Crippen LogP contribution >= 0.6 is 0 Å². The average Bonchev–Trinajstić information content (AvgIpc) is 3.25. The van der Waals surface area contributed by atoms with Gasteiger partial charge in [0.25, 0.3) is 0 Å². The molecule has 360 valence electrons. The van der Waals surface area contributed by atoms with E-state index in [1.165, 1.54) is 283 Å². The molecule has 0 aliphatic rings. The predicted molar refractivity (Wildman–Crippen MR) is 267 cm³/mol. The lowest BCUT2D eigenvalue weighted by Crippen LogP contribution is -2.45. The summed E-state index contributed by atoms with van der Waals surface area (Å²) in [4.78, 5) is 12.5. The summed E-state index contributed by atoms with van der Waals surface area (Å²) in [5.41, 5.74) is 0. The third kappa shape index (κ3) is 48.4. The SMILES string of the molecule is CCCCCCCCCCCCCCCCCCCCCCCCCCCCC(=O)NC(CO)C(O)CCCCCCCCCCCCCCCCCCCCCCCC. The molecule has 0 fully saturated rings. The zero-order valence-electron chi connectivity index (χ0n) is 41.5. The zero-order valence-corrected chi connectivity index (χ0v) is 41.5. The quantitative estimate of drug-likeness (QED) is 0.0534. The summed E-state index contributed by atoms with van der Waals surface area (Å²) < 4.78 is 0. The summed E-state index contributed by atoms with van der Waals surface area (Å²) in [7, 11) is 0. The third-order valence-corrected chi connectivity index (χ3v) is 13.6. The zero-order chi connectivity index (χ0) is 43.5. The first-order valence-electron chi connectivity index (χ1n) is 28.2. The monoisotopic (exact) mass is 848 g/mol. The highest BCUT2D eigenvalue weighted by atomic mass is 16.3. The molecule has 0 aromatic rings. The minimum absolute atomic E-state index is 0.0217. The normalized spacial score (nSPS) is 12.7. The van der Waals surface area contributed by atoms with E-state index in [0.717, 1.165) is 25.7 Å². The van der Waals surface area contributed by atoms with Crippen LogP contribution in [-0.2, 0) is 4.79 Å². The van der Waals surface area contributed by atoms with Crippen LogP contribution in [0.3, 0.4) is 0 Å². The predicted octanol–water partition coefficient (Wildman–Crippen LogP) is 18.4. The van der Waals surface area contributed by atoms with Crippen LogP contribution in [0.4, 0.5) is 0 Å². The van der Waals surface area contributed by atoms with Gasteiger partial charge in [-0.3, -0.25) is 4.79 Å². The summed E-state index contributed by atoms with van der Waals surface area (Å²) in [6.07, 6.45) is 66.6. The lowest BCUT2D eigenvalue weighted by Gasteiger charge is -2.22.